The first-order valence-electron chi connectivity index (χ1n) is 10.8. The summed E-state index contributed by atoms with van der Waals surface area (Å²) in [4.78, 5) is 19.4. The van der Waals surface area contributed by atoms with Crippen molar-refractivity contribution in [2.75, 3.05) is 19.6 Å². The number of rotatable bonds is 8. The number of nitrogens with one attached hydrogen (secondary N) is 1. The van der Waals surface area contributed by atoms with Crippen LogP contribution in [-0.4, -0.2) is 35.4 Å². The lowest BCUT2D eigenvalue weighted by Gasteiger charge is -2.28. The predicted molar refractivity (Wildman–Crippen MR) is 124 cm³/mol. The Bertz CT molecular complexity index is 980. The maximum Gasteiger partial charge on any atom is 0.226 e. The number of thiazole rings is 1. The molecule has 0 aliphatic carbocycles. The van der Waals surface area contributed by atoms with Gasteiger partial charge in [-0.3, -0.25) is 9.69 Å². The number of hydrogen-bond acceptors (Lipinski definition) is 4. The molecule has 1 amide bonds. The van der Waals surface area contributed by atoms with E-state index in [-0.39, 0.29) is 5.91 Å². The van der Waals surface area contributed by atoms with Gasteiger partial charge in [0.15, 0.2) is 0 Å². The van der Waals surface area contributed by atoms with Crippen LogP contribution in [0.15, 0.2) is 53.9 Å². The second kappa shape index (κ2) is 10.0. The molecule has 0 spiro atoms. The average molecular weight is 420 g/mol. The third-order valence-corrected chi connectivity index (χ3v) is 6.63. The summed E-state index contributed by atoms with van der Waals surface area (Å²) in [6, 6.07) is 17.2. The molecular weight excluding hydrogens is 390 g/mol. The number of aryl methyl sites for hydroxylation is 1. The lowest BCUT2D eigenvalue weighted by molar-refractivity contribution is -0.120. The fourth-order valence-electron chi connectivity index (χ4n) is 3.91. The Morgan fingerprint density at radius 3 is 2.73 bits per heavy atom. The number of hydrogen-bond donors (Lipinski definition) is 1. The molecule has 156 valence electrons. The smallest absolute Gasteiger partial charge is 0.226 e. The van der Waals surface area contributed by atoms with E-state index in [1.807, 2.05) is 5.38 Å². The van der Waals surface area contributed by atoms with E-state index in [0.717, 1.165) is 55.2 Å². The van der Waals surface area contributed by atoms with Gasteiger partial charge >= 0.3 is 0 Å². The summed E-state index contributed by atoms with van der Waals surface area (Å²) < 4.78 is 0. The molecule has 0 bridgehead atoms. The van der Waals surface area contributed by atoms with Crippen LogP contribution in [0.25, 0.3) is 10.6 Å². The van der Waals surface area contributed by atoms with Crippen molar-refractivity contribution in [3.8, 4) is 10.6 Å². The maximum atomic E-state index is 12.3. The van der Waals surface area contributed by atoms with Crippen molar-refractivity contribution in [3.63, 3.8) is 0 Å². The summed E-state index contributed by atoms with van der Waals surface area (Å²) in [6.07, 6.45) is 3.48. The van der Waals surface area contributed by atoms with Gasteiger partial charge in [-0.25, -0.2) is 4.98 Å². The van der Waals surface area contributed by atoms with Crippen molar-refractivity contribution in [1.82, 2.24) is 15.2 Å². The van der Waals surface area contributed by atoms with Crippen LogP contribution in [-0.2, 0) is 30.6 Å². The Balaban J connectivity index is 1.19. The van der Waals surface area contributed by atoms with Crippen LogP contribution in [0.3, 0.4) is 0 Å². The van der Waals surface area contributed by atoms with Crippen molar-refractivity contribution < 1.29 is 4.79 Å². The second-order valence-corrected chi connectivity index (χ2v) is 8.73. The molecule has 3 aromatic rings. The third kappa shape index (κ3) is 5.35. The molecule has 0 atom stereocenters. The van der Waals surface area contributed by atoms with Gasteiger partial charge in [-0.05, 0) is 36.0 Å². The molecule has 1 aliphatic rings. The second-order valence-electron chi connectivity index (χ2n) is 7.87. The van der Waals surface area contributed by atoms with Crippen LogP contribution in [0.1, 0.15) is 35.7 Å². The molecule has 2 heterocycles. The van der Waals surface area contributed by atoms with E-state index in [2.05, 4.69) is 70.7 Å². The zero-order chi connectivity index (χ0) is 20.8. The summed E-state index contributed by atoms with van der Waals surface area (Å²) in [6.45, 7) is 6.01. The zero-order valence-electron chi connectivity index (χ0n) is 17.6. The monoisotopic (exact) mass is 419 g/mol. The van der Waals surface area contributed by atoms with Crippen molar-refractivity contribution in [1.29, 1.82) is 0 Å². The van der Waals surface area contributed by atoms with Crippen LogP contribution in [0, 0.1) is 0 Å². The van der Waals surface area contributed by atoms with Gasteiger partial charge in [0.2, 0.25) is 5.91 Å². The Morgan fingerprint density at radius 2 is 1.93 bits per heavy atom. The highest BCUT2D eigenvalue weighted by molar-refractivity contribution is 7.13. The fourth-order valence-corrected chi connectivity index (χ4v) is 4.73. The number of aromatic nitrogens is 1. The maximum absolute atomic E-state index is 12.3. The van der Waals surface area contributed by atoms with Crippen LogP contribution in [0.5, 0.6) is 0 Å². The summed E-state index contributed by atoms with van der Waals surface area (Å²) in [7, 11) is 0. The van der Waals surface area contributed by atoms with Gasteiger partial charge < -0.3 is 5.32 Å². The Hall–Kier alpha value is -2.50. The largest absolute Gasteiger partial charge is 0.356 e. The standard InChI is InChI=1S/C25H29N3OS/c1-2-19-8-10-21(11-9-19)25-27-23(18-30-25)16-24(29)26-13-5-14-28-15-12-20-6-3-4-7-22(20)17-28/h3-4,6-11,18H,2,5,12-17H2,1H3,(H,26,29). The predicted octanol–water partition coefficient (Wildman–Crippen LogP) is 4.48. The van der Waals surface area contributed by atoms with Crippen molar-refractivity contribution in [2.45, 2.75) is 39.2 Å². The lowest BCUT2D eigenvalue weighted by atomic mass is 10.00. The van der Waals surface area contributed by atoms with Gasteiger partial charge in [0.25, 0.3) is 0 Å². The minimum atomic E-state index is 0.0529. The first-order valence-corrected chi connectivity index (χ1v) is 11.7. The van der Waals surface area contributed by atoms with Gasteiger partial charge in [0.05, 0.1) is 12.1 Å². The highest BCUT2D eigenvalue weighted by atomic mass is 32.1. The quantitative estimate of drug-likeness (QED) is 0.548. The van der Waals surface area contributed by atoms with Crippen LogP contribution < -0.4 is 5.32 Å². The zero-order valence-corrected chi connectivity index (χ0v) is 18.4. The number of fused-ring (bicyclic) bond motifs is 1. The van der Waals surface area contributed by atoms with E-state index in [1.54, 1.807) is 11.3 Å². The van der Waals surface area contributed by atoms with E-state index in [9.17, 15) is 4.79 Å². The van der Waals surface area contributed by atoms with E-state index < -0.39 is 0 Å². The molecule has 0 saturated heterocycles. The van der Waals surface area contributed by atoms with E-state index in [0.29, 0.717) is 13.0 Å². The molecule has 5 heteroatoms. The molecule has 1 aliphatic heterocycles. The molecule has 0 radical (unpaired) electrons. The minimum absolute atomic E-state index is 0.0529. The molecule has 4 rings (SSSR count). The molecule has 30 heavy (non-hydrogen) atoms. The van der Waals surface area contributed by atoms with E-state index in [1.165, 1.54) is 16.7 Å². The molecule has 0 fully saturated rings. The highest BCUT2D eigenvalue weighted by Gasteiger charge is 2.15. The number of amides is 1. The SMILES string of the molecule is CCc1ccc(-c2nc(CC(=O)NCCCN3CCc4ccccc4C3)cs2)cc1. The number of nitrogens with zero attached hydrogens (tertiary/aromatic N) is 2. The topological polar surface area (TPSA) is 45.2 Å². The molecular formula is C25H29N3OS. The molecule has 1 aromatic heterocycles. The van der Waals surface area contributed by atoms with Gasteiger partial charge in [-0.2, -0.15) is 0 Å². The van der Waals surface area contributed by atoms with E-state index >= 15 is 0 Å². The van der Waals surface area contributed by atoms with Crippen molar-refractivity contribution in [2.24, 2.45) is 0 Å². The van der Waals surface area contributed by atoms with Gasteiger partial charge in [0.1, 0.15) is 5.01 Å². The number of carbonyl (C=O) groups is 1. The van der Waals surface area contributed by atoms with E-state index in [4.69, 9.17) is 0 Å². The first kappa shape index (κ1) is 20.8. The highest BCUT2D eigenvalue weighted by Crippen LogP contribution is 2.24. The van der Waals surface area contributed by atoms with Crippen LogP contribution >= 0.6 is 11.3 Å². The molecule has 4 nitrogen and oxygen atoms in total. The summed E-state index contributed by atoms with van der Waals surface area (Å²) in [5, 5.41) is 6.02. The third-order valence-electron chi connectivity index (χ3n) is 5.69. The van der Waals surface area contributed by atoms with Crippen molar-refractivity contribution >= 4 is 17.2 Å². The van der Waals surface area contributed by atoms with Crippen molar-refractivity contribution in [3.05, 3.63) is 76.3 Å². The molecule has 2 aromatic carbocycles. The van der Waals surface area contributed by atoms with Gasteiger partial charge in [0, 0.05) is 37.1 Å². The Kier molecular flexibility index (Phi) is 6.92. The average Bonchev–Trinajstić information content (AvgIpc) is 3.25. The summed E-state index contributed by atoms with van der Waals surface area (Å²) in [5.41, 5.74) is 6.21. The summed E-state index contributed by atoms with van der Waals surface area (Å²) >= 11 is 1.60. The molecule has 0 saturated carbocycles. The lowest BCUT2D eigenvalue weighted by Crippen LogP contribution is -2.34. The Labute approximate surface area is 183 Å². The first-order chi connectivity index (χ1) is 14.7. The van der Waals surface area contributed by atoms with Crippen LogP contribution in [0.4, 0.5) is 0 Å². The fraction of sp³-hybridized carbons (Fsp3) is 0.360. The number of benzene rings is 2. The van der Waals surface area contributed by atoms with Gasteiger partial charge in [-0.1, -0.05) is 55.5 Å². The molecule has 0 unspecified atom stereocenters. The Morgan fingerprint density at radius 1 is 1.13 bits per heavy atom. The van der Waals surface area contributed by atoms with Gasteiger partial charge in [-0.15, -0.1) is 11.3 Å². The molecule has 1 N–H and O–H groups in total. The number of carbonyl (C=O) groups excluding carboxylic acids is 1. The van der Waals surface area contributed by atoms with Crippen LogP contribution in [0.2, 0.25) is 0 Å². The minimum Gasteiger partial charge on any atom is -0.356 e. The normalized spacial score (nSPS) is 13.8. The summed E-state index contributed by atoms with van der Waals surface area (Å²) in [5.74, 6) is 0.0529.